The Labute approximate surface area is 182 Å². The van der Waals surface area contributed by atoms with E-state index in [9.17, 15) is 14.0 Å². The maximum Gasteiger partial charge on any atom is 0.268 e. The number of hydrogen-bond donors (Lipinski definition) is 1. The van der Waals surface area contributed by atoms with Crippen molar-refractivity contribution in [3.63, 3.8) is 0 Å². The van der Waals surface area contributed by atoms with Crippen molar-refractivity contribution in [2.24, 2.45) is 0 Å². The molecule has 32 heavy (non-hydrogen) atoms. The molecule has 0 aliphatic rings. The fraction of sp³-hybridized carbons (Fsp3) is 0.217. The van der Waals surface area contributed by atoms with Crippen LogP contribution in [0.2, 0.25) is 0 Å². The number of aromatic nitrogens is 3. The monoisotopic (exact) mass is 436 g/mol. The quantitative estimate of drug-likeness (QED) is 0.475. The van der Waals surface area contributed by atoms with E-state index in [1.807, 2.05) is 0 Å². The largest absolute Gasteiger partial charge is 0.463 e. The Morgan fingerprint density at radius 2 is 2.00 bits per heavy atom. The summed E-state index contributed by atoms with van der Waals surface area (Å²) in [5.41, 5.74) is 1.42. The minimum absolute atomic E-state index is 0.222. The molecule has 1 atom stereocenters. The Balaban J connectivity index is 1.58. The zero-order chi connectivity index (χ0) is 22.7. The van der Waals surface area contributed by atoms with Crippen LogP contribution in [0.15, 0.2) is 68.5 Å². The Hall–Kier alpha value is -4.01. The highest BCUT2D eigenvalue weighted by Gasteiger charge is 2.23. The molecule has 0 radical (unpaired) electrons. The molecule has 8 nitrogen and oxygen atoms in total. The van der Waals surface area contributed by atoms with Crippen LogP contribution in [0.25, 0.3) is 22.8 Å². The Bertz CT molecular complexity index is 1290. The van der Waals surface area contributed by atoms with Gasteiger partial charge in [0.1, 0.15) is 17.6 Å². The van der Waals surface area contributed by atoms with E-state index in [1.165, 1.54) is 18.4 Å². The number of rotatable bonds is 7. The molecule has 0 saturated carbocycles. The van der Waals surface area contributed by atoms with Crippen LogP contribution in [0.3, 0.4) is 0 Å². The van der Waals surface area contributed by atoms with Gasteiger partial charge in [0.15, 0.2) is 11.5 Å². The molecule has 164 valence electrons. The molecule has 0 spiro atoms. The van der Waals surface area contributed by atoms with Crippen LogP contribution in [0.4, 0.5) is 4.39 Å². The van der Waals surface area contributed by atoms with Crippen molar-refractivity contribution in [1.29, 1.82) is 0 Å². The summed E-state index contributed by atoms with van der Waals surface area (Å²) in [7, 11) is 0. The van der Waals surface area contributed by atoms with Gasteiger partial charge in [0.05, 0.1) is 17.5 Å². The van der Waals surface area contributed by atoms with Crippen molar-refractivity contribution in [2.75, 3.05) is 6.54 Å². The van der Waals surface area contributed by atoms with E-state index in [1.54, 1.807) is 50.2 Å². The van der Waals surface area contributed by atoms with Gasteiger partial charge in [-0.3, -0.25) is 9.59 Å². The summed E-state index contributed by atoms with van der Waals surface area (Å²) in [6, 6.07) is 11.9. The van der Waals surface area contributed by atoms with Crippen molar-refractivity contribution >= 4 is 5.91 Å². The highest BCUT2D eigenvalue weighted by atomic mass is 19.1. The highest BCUT2D eigenvalue weighted by Crippen LogP contribution is 2.30. The third-order valence-corrected chi connectivity index (χ3v) is 5.00. The van der Waals surface area contributed by atoms with E-state index >= 15 is 0 Å². The lowest BCUT2D eigenvalue weighted by Crippen LogP contribution is -2.38. The van der Waals surface area contributed by atoms with Crippen molar-refractivity contribution in [3.05, 3.63) is 82.2 Å². The summed E-state index contributed by atoms with van der Waals surface area (Å²) in [6.07, 6.45) is 1.82. The molecule has 0 saturated heterocycles. The van der Waals surface area contributed by atoms with Crippen LogP contribution in [0, 0.1) is 12.7 Å². The maximum atomic E-state index is 13.8. The number of halogens is 1. The molecule has 1 aromatic carbocycles. The zero-order valence-electron chi connectivity index (χ0n) is 17.5. The zero-order valence-corrected chi connectivity index (χ0v) is 17.5. The van der Waals surface area contributed by atoms with Gasteiger partial charge in [-0.25, -0.2) is 9.07 Å². The molecular weight excluding hydrogens is 415 g/mol. The topological polar surface area (TPSA) is 103 Å². The fourth-order valence-corrected chi connectivity index (χ4v) is 3.30. The number of furan rings is 1. The third-order valence-electron chi connectivity index (χ3n) is 5.00. The van der Waals surface area contributed by atoms with Crippen LogP contribution in [-0.4, -0.2) is 27.4 Å². The predicted octanol–water partition coefficient (Wildman–Crippen LogP) is 3.53. The molecule has 3 heterocycles. The minimum Gasteiger partial charge on any atom is -0.463 e. The molecule has 1 amide bonds. The summed E-state index contributed by atoms with van der Waals surface area (Å²) < 4.78 is 25.6. The van der Waals surface area contributed by atoms with Gasteiger partial charge in [-0.2, -0.15) is 5.10 Å². The van der Waals surface area contributed by atoms with Crippen LogP contribution in [0.5, 0.6) is 0 Å². The highest BCUT2D eigenvalue weighted by molar-refractivity contribution is 5.80. The van der Waals surface area contributed by atoms with Gasteiger partial charge in [-0.05, 0) is 44.0 Å². The van der Waals surface area contributed by atoms with Gasteiger partial charge in [0, 0.05) is 18.7 Å². The van der Waals surface area contributed by atoms with Gasteiger partial charge in [-0.1, -0.05) is 23.4 Å². The predicted molar refractivity (Wildman–Crippen MR) is 114 cm³/mol. The number of nitrogens with one attached hydrogen (secondary N) is 1. The van der Waals surface area contributed by atoms with Gasteiger partial charge in [0.25, 0.3) is 5.56 Å². The van der Waals surface area contributed by atoms with E-state index in [0.29, 0.717) is 40.5 Å². The van der Waals surface area contributed by atoms with E-state index in [4.69, 9.17) is 8.94 Å². The summed E-state index contributed by atoms with van der Waals surface area (Å²) in [5.74, 6) is 0.0428. The number of hydrogen-bond acceptors (Lipinski definition) is 6. The molecule has 1 N–H and O–H groups in total. The van der Waals surface area contributed by atoms with Gasteiger partial charge < -0.3 is 14.3 Å². The lowest BCUT2D eigenvalue weighted by molar-refractivity contribution is -0.124. The molecule has 3 aromatic heterocycles. The van der Waals surface area contributed by atoms with E-state index in [2.05, 4.69) is 15.6 Å². The first-order valence-electron chi connectivity index (χ1n) is 10.1. The van der Waals surface area contributed by atoms with Crippen molar-refractivity contribution in [1.82, 2.24) is 20.3 Å². The van der Waals surface area contributed by atoms with E-state index < -0.39 is 17.5 Å². The van der Waals surface area contributed by atoms with Crippen LogP contribution in [-0.2, 0) is 11.2 Å². The molecule has 0 aliphatic heterocycles. The number of carbonyl (C=O) groups is 1. The third kappa shape index (κ3) is 4.36. The maximum absolute atomic E-state index is 13.8. The Morgan fingerprint density at radius 3 is 2.69 bits per heavy atom. The lowest BCUT2D eigenvalue weighted by Gasteiger charge is -2.16. The minimum atomic E-state index is -0.901. The molecule has 4 rings (SSSR count). The second-order valence-corrected chi connectivity index (χ2v) is 7.31. The average Bonchev–Trinajstić information content (AvgIpc) is 3.46. The molecule has 9 heteroatoms. The first kappa shape index (κ1) is 21.2. The van der Waals surface area contributed by atoms with Crippen LogP contribution < -0.4 is 10.9 Å². The molecule has 1 unspecified atom stereocenters. The number of aryl methyl sites for hydroxylation is 1. The number of carbonyl (C=O) groups excluding carboxylic acids is 1. The molecule has 4 aromatic rings. The number of amides is 1. The van der Waals surface area contributed by atoms with E-state index in [-0.39, 0.29) is 12.4 Å². The molecule has 0 fully saturated rings. The summed E-state index contributed by atoms with van der Waals surface area (Å²) in [6.45, 7) is 3.55. The molecular formula is C23H21FN4O4. The number of nitrogens with zero attached hydrogens (tertiary/aromatic N) is 3. The standard InChI is InChI=1S/C23H21FN4O4/c1-14-12-20(32-27-14)17-13-21(29)28(26-22(17)19-8-5-11-31-19)15(2)23(30)25-10-9-16-6-3-4-7-18(16)24/h3-8,11-13,15H,9-10H2,1-2H3,(H,25,30). The summed E-state index contributed by atoms with van der Waals surface area (Å²) in [5, 5.41) is 11.0. The number of benzene rings is 1. The van der Waals surface area contributed by atoms with E-state index in [0.717, 1.165) is 4.68 Å². The second kappa shape index (κ2) is 9.01. The van der Waals surface area contributed by atoms with Crippen LogP contribution in [0.1, 0.15) is 24.2 Å². The Kier molecular flexibility index (Phi) is 5.98. The molecule has 0 aliphatic carbocycles. The van der Waals surface area contributed by atoms with Crippen LogP contribution >= 0.6 is 0 Å². The molecule has 0 bridgehead atoms. The first-order chi connectivity index (χ1) is 15.4. The lowest BCUT2D eigenvalue weighted by atomic mass is 10.1. The smallest absolute Gasteiger partial charge is 0.268 e. The van der Waals surface area contributed by atoms with Gasteiger partial charge in [0.2, 0.25) is 5.91 Å². The normalized spacial score (nSPS) is 12.0. The Morgan fingerprint density at radius 1 is 1.19 bits per heavy atom. The summed E-state index contributed by atoms with van der Waals surface area (Å²) in [4.78, 5) is 25.5. The van der Waals surface area contributed by atoms with Crippen molar-refractivity contribution < 1.29 is 18.1 Å². The van der Waals surface area contributed by atoms with Gasteiger partial charge in [-0.15, -0.1) is 0 Å². The second-order valence-electron chi connectivity index (χ2n) is 7.31. The van der Waals surface area contributed by atoms with Crippen molar-refractivity contribution in [2.45, 2.75) is 26.3 Å². The SMILES string of the molecule is Cc1cc(-c2cc(=O)n(C(C)C(=O)NCCc3ccccc3F)nc2-c2ccco2)on1. The van der Waals surface area contributed by atoms with Gasteiger partial charge >= 0.3 is 0 Å². The first-order valence-corrected chi connectivity index (χ1v) is 10.1. The van der Waals surface area contributed by atoms with Crippen molar-refractivity contribution in [3.8, 4) is 22.8 Å². The average molecular weight is 436 g/mol. The fourth-order valence-electron chi connectivity index (χ4n) is 3.30. The summed E-state index contributed by atoms with van der Waals surface area (Å²) >= 11 is 0.